The van der Waals surface area contributed by atoms with E-state index in [1.807, 2.05) is 6.07 Å². The van der Waals surface area contributed by atoms with Gasteiger partial charge in [0, 0.05) is 60.8 Å². The minimum atomic E-state index is -0.641. The molecule has 1 atom stereocenters. The summed E-state index contributed by atoms with van der Waals surface area (Å²) in [5.41, 5.74) is 9.70. The zero-order chi connectivity index (χ0) is 35.5. The first-order valence-corrected chi connectivity index (χ1v) is 17.0. The van der Waals surface area contributed by atoms with E-state index in [1.165, 1.54) is 12.0 Å². The van der Waals surface area contributed by atoms with Gasteiger partial charge < -0.3 is 30.7 Å². The third-order valence-corrected chi connectivity index (χ3v) is 9.59. The first kappa shape index (κ1) is 33.7. The number of piperidine rings is 1. The van der Waals surface area contributed by atoms with Crippen molar-refractivity contribution in [2.45, 2.75) is 63.2 Å². The number of aromatic nitrogens is 3. The number of carbonyl (C=O) groups excluding carboxylic acids is 4. The molecule has 4 amide bonds. The standard InChI is InChI=1S/C36H39N9O6/c1-50-30-17-28(37)21(16-27(30)34(47)42-32-19-40-31-3-2-12-41-45(31)32)18-39-24-6-4-23(5-7-24)38-13-14-51-25-8-9-26-22(15-25)20-44(36(26)49)29-10-11-33(46)43-35(29)48/h2-3,8-9,12,15-19,23-24,29,38H,4-7,10-11,13-14,20,37H2,1H3,(H,42,47)(H,43,46,48). The Balaban J connectivity index is 0.874. The van der Waals surface area contributed by atoms with Crippen LogP contribution in [0.25, 0.3) is 5.65 Å². The average molecular weight is 694 g/mol. The fourth-order valence-corrected chi connectivity index (χ4v) is 6.86. The summed E-state index contributed by atoms with van der Waals surface area (Å²) in [6, 6.07) is 12.1. The van der Waals surface area contributed by atoms with Crippen molar-refractivity contribution in [2.75, 3.05) is 31.3 Å². The van der Waals surface area contributed by atoms with Crippen molar-refractivity contribution in [2.24, 2.45) is 4.99 Å². The Hall–Kier alpha value is -5.83. The van der Waals surface area contributed by atoms with Gasteiger partial charge in [0.05, 0.1) is 24.9 Å². The first-order chi connectivity index (χ1) is 24.8. The number of imidazole rings is 1. The van der Waals surface area contributed by atoms with Crippen LogP contribution in [0.3, 0.4) is 0 Å². The Labute approximate surface area is 293 Å². The summed E-state index contributed by atoms with van der Waals surface area (Å²) < 4.78 is 13.0. The fourth-order valence-electron chi connectivity index (χ4n) is 6.86. The largest absolute Gasteiger partial charge is 0.496 e. The summed E-state index contributed by atoms with van der Waals surface area (Å²) in [5.74, 6) is 0.132. The van der Waals surface area contributed by atoms with E-state index in [9.17, 15) is 19.2 Å². The van der Waals surface area contributed by atoms with Gasteiger partial charge in [0.15, 0.2) is 11.5 Å². The van der Waals surface area contributed by atoms with E-state index in [1.54, 1.807) is 59.5 Å². The number of nitrogen functional groups attached to an aromatic ring is 1. The second-order valence-electron chi connectivity index (χ2n) is 12.9. The maximum Gasteiger partial charge on any atom is 0.260 e. The highest BCUT2D eigenvalue weighted by molar-refractivity contribution is 6.08. The second kappa shape index (κ2) is 14.6. The molecule has 3 aliphatic rings. The summed E-state index contributed by atoms with van der Waals surface area (Å²) in [6.07, 6.45) is 9.17. The minimum absolute atomic E-state index is 0.135. The molecule has 15 nitrogen and oxygen atoms in total. The van der Waals surface area contributed by atoms with Crippen LogP contribution in [0.15, 0.2) is 59.9 Å². The van der Waals surface area contributed by atoms with Gasteiger partial charge >= 0.3 is 0 Å². The van der Waals surface area contributed by atoms with Gasteiger partial charge in [-0.2, -0.15) is 9.61 Å². The number of methoxy groups -OCH3 is 1. The van der Waals surface area contributed by atoms with Gasteiger partial charge in [-0.3, -0.25) is 29.5 Å². The van der Waals surface area contributed by atoms with Gasteiger partial charge in [0.2, 0.25) is 11.8 Å². The van der Waals surface area contributed by atoms with Gasteiger partial charge in [0.1, 0.15) is 24.1 Å². The van der Waals surface area contributed by atoms with Crippen molar-refractivity contribution in [3.8, 4) is 11.5 Å². The van der Waals surface area contributed by atoms with Crippen LogP contribution >= 0.6 is 0 Å². The Bertz CT molecular complexity index is 2020. The lowest BCUT2D eigenvalue weighted by molar-refractivity contribution is -0.136. The highest BCUT2D eigenvalue weighted by Crippen LogP contribution is 2.31. The van der Waals surface area contributed by atoms with Gasteiger partial charge in [-0.15, -0.1) is 0 Å². The van der Waals surface area contributed by atoms with Crippen molar-refractivity contribution >= 4 is 47.0 Å². The SMILES string of the molecule is COc1cc(N)c(C=NC2CCC(NCCOc3ccc4c(c3)CN(C3CCC(=O)NC3=O)C4=O)CC2)cc1C(=O)Nc1cnc2cccnn12. The van der Waals surface area contributed by atoms with Crippen LogP contribution in [-0.2, 0) is 16.1 Å². The van der Waals surface area contributed by atoms with Gasteiger partial charge in [0.25, 0.3) is 11.8 Å². The van der Waals surface area contributed by atoms with Crippen molar-refractivity contribution in [1.29, 1.82) is 0 Å². The van der Waals surface area contributed by atoms with Gasteiger partial charge in [-0.25, -0.2) is 4.98 Å². The Kier molecular flexibility index (Phi) is 9.61. The molecule has 4 aromatic rings. The van der Waals surface area contributed by atoms with Crippen LogP contribution in [0.1, 0.15) is 70.4 Å². The maximum absolute atomic E-state index is 13.3. The van der Waals surface area contributed by atoms with Gasteiger partial charge in [-0.1, -0.05) is 0 Å². The second-order valence-corrected chi connectivity index (χ2v) is 12.9. The lowest BCUT2D eigenvalue weighted by atomic mass is 9.91. The number of rotatable bonds is 11. The summed E-state index contributed by atoms with van der Waals surface area (Å²) in [6.45, 7) is 1.43. The minimum Gasteiger partial charge on any atom is -0.496 e. The summed E-state index contributed by atoms with van der Waals surface area (Å²) >= 11 is 0. The molecule has 7 rings (SSSR count). The molecule has 2 fully saturated rings. The molecule has 1 aliphatic carbocycles. The van der Waals surface area contributed by atoms with Crippen LogP contribution in [0, 0.1) is 0 Å². The van der Waals surface area contributed by atoms with E-state index >= 15 is 0 Å². The number of benzene rings is 2. The number of anilines is 2. The zero-order valence-electron chi connectivity index (χ0n) is 28.1. The molecule has 2 aromatic heterocycles. The number of carbonyl (C=O) groups is 4. The number of hydrogen-bond donors (Lipinski definition) is 4. The molecule has 15 heteroatoms. The molecule has 1 unspecified atom stereocenters. The number of fused-ring (bicyclic) bond motifs is 2. The maximum atomic E-state index is 13.3. The molecule has 5 N–H and O–H groups in total. The quantitative estimate of drug-likeness (QED) is 0.0785. The van der Waals surface area contributed by atoms with Crippen LogP contribution in [0.2, 0.25) is 0 Å². The number of nitrogens with zero attached hydrogens (tertiary/aromatic N) is 5. The number of ether oxygens (including phenoxy) is 2. The summed E-state index contributed by atoms with van der Waals surface area (Å²) in [7, 11) is 1.49. The van der Waals surface area contributed by atoms with Crippen LogP contribution in [0.4, 0.5) is 11.5 Å². The van der Waals surface area contributed by atoms with E-state index in [0.29, 0.717) is 77.5 Å². The molecule has 0 bridgehead atoms. The average Bonchev–Trinajstić information content (AvgIpc) is 3.69. The molecule has 0 spiro atoms. The molecular weight excluding hydrogens is 654 g/mol. The number of nitrogens with two attached hydrogens (primary N) is 1. The molecule has 4 heterocycles. The molecule has 1 saturated heterocycles. The normalized spacial score (nSPS) is 20.5. The van der Waals surface area contributed by atoms with Gasteiger partial charge in [-0.05, 0) is 74.1 Å². The lowest BCUT2D eigenvalue weighted by Crippen LogP contribution is -2.52. The fraction of sp³-hybridized carbons (Fsp3) is 0.361. The highest BCUT2D eigenvalue weighted by Gasteiger charge is 2.39. The van der Waals surface area contributed by atoms with E-state index in [-0.39, 0.29) is 30.2 Å². The molecule has 0 radical (unpaired) electrons. The number of imide groups is 1. The van der Waals surface area contributed by atoms with E-state index in [0.717, 1.165) is 31.2 Å². The highest BCUT2D eigenvalue weighted by atomic mass is 16.5. The molecular formula is C36H39N9O6. The topological polar surface area (TPSA) is 195 Å². The predicted octanol–water partition coefficient (Wildman–Crippen LogP) is 2.73. The zero-order valence-corrected chi connectivity index (χ0v) is 28.1. The van der Waals surface area contributed by atoms with Crippen molar-refractivity contribution in [3.63, 3.8) is 0 Å². The third kappa shape index (κ3) is 7.24. The lowest BCUT2D eigenvalue weighted by Gasteiger charge is -2.29. The Morgan fingerprint density at radius 1 is 1.12 bits per heavy atom. The Morgan fingerprint density at radius 3 is 2.76 bits per heavy atom. The number of amides is 4. The van der Waals surface area contributed by atoms with Crippen LogP contribution in [0.5, 0.6) is 11.5 Å². The number of nitrogens with one attached hydrogen (secondary N) is 3. The van der Waals surface area contributed by atoms with E-state index in [4.69, 9.17) is 20.2 Å². The predicted molar refractivity (Wildman–Crippen MR) is 188 cm³/mol. The molecule has 51 heavy (non-hydrogen) atoms. The Morgan fingerprint density at radius 2 is 1.96 bits per heavy atom. The van der Waals surface area contributed by atoms with Crippen LogP contribution < -0.4 is 31.2 Å². The first-order valence-electron chi connectivity index (χ1n) is 17.0. The van der Waals surface area contributed by atoms with Crippen molar-refractivity contribution in [1.82, 2.24) is 30.1 Å². The molecule has 1 saturated carbocycles. The number of aliphatic imine (C=N–C) groups is 1. The van der Waals surface area contributed by atoms with E-state index < -0.39 is 11.9 Å². The number of hydrogen-bond acceptors (Lipinski definition) is 11. The van der Waals surface area contributed by atoms with Crippen molar-refractivity contribution in [3.05, 3.63) is 77.1 Å². The smallest absolute Gasteiger partial charge is 0.260 e. The molecule has 2 aliphatic heterocycles. The molecule has 2 aromatic carbocycles. The third-order valence-electron chi connectivity index (χ3n) is 9.59. The summed E-state index contributed by atoms with van der Waals surface area (Å²) in [4.78, 5) is 60.7. The van der Waals surface area contributed by atoms with E-state index in [2.05, 4.69) is 26.0 Å². The monoisotopic (exact) mass is 693 g/mol. The molecule has 264 valence electrons. The van der Waals surface area contributed by atoms with Crippen molar-refractivity contribution < 1.29 is 28.7 Å². The van der Waals surface area contributed by atoms with Crippen LogP contribution in [-0.4, -0.2) is 87.7 Å². The summed E-state index contributed by atoms with van der Waals surface area (Å²) in [5, 5.41) is 13.0.